The van der Waals surface area contributed by atoms with E-state index in [1.54, 1.807) is 37.3 Å². The Labute approximate surface area is 158 Å². The molecule has 0 atom stereocenters. The van der Waals surface area contributed by atoms with Gasteiger partial charge in [0.2, 0.25) is 5.58 Å². The molecule has 2 N–H and O–H groups in total. The molecule has 0 aliphatic rings. The first kappa shape index (κ1) is 17.5. The zero-order chi connectivity index (χ0) is 19.7. The Kier molecular flexibility index (Phi) is 4.36. The highest BCUT2D eigenvalue weighted by Crippen LogP contribution is 2.23. The maximum Gasteiger partial charge on any atom is 0.297 e. The van der Waals surface area contributed by atoms with Crippen LogP contribution in [0, 0.1) is 6.92 Å². The minimum absolute atomic E-state index is 0.0837. The Hall–Kier alpha value is -3.94. The molecule has 0 saturated carbocycles. The second-order valence-electron chi connectivity index (χ2n) is 6.27. The van der Waals surface area contributed by atoms with E-state index < -0.39 is 17.4 Å². The number of furan rings is 1. The van der Waals surface area contributed by atoms with Crippen LogP contribution in [-0.2, 0) is 11.3 Å². The second-order valence-corrected chi connectivity index (χ2v) is 6.27. The van der Waals surface area contributed by atoms with Gasteiger partial charge in [0.15, 0.2) is 0 Å². The van der Waals surface area contributed by atoms with E-state index in [0.717, 1.165) is 15.5 Å². The maximum absolute atomic E-state index is 12.6. The van der Waals surface area contributed by atoms with Crippen molar-refractivity contribution in [2.24, 2.45) is 0 Å². The molecule has 0 radical (unpaired) electrons. The SMILES string of the molecule is Cc1ccccc1C(=O)NNC(=O)Cn1cnc2c(oc3ccccc32)c1=O. The fourth-order valence-corrected chi connectivity index (χ4v) is 2.94. The Morgan fingerprint density at radius 3 is 2.64 bits per heavy atom. The quantitative estimate of drug-likeness (QED) is 0.531. The topological polar surface area (TPSA) is 106 Å². The normalized spacial score (nSPS) is 10.9. The lowest BCUT2D eigenvalue weighted by Crippen LogP contribution is -2.44. The first-order valence-corrected chi connectivity index (χ1v) is 8.56. The van der Waals surface area contributed by atoms with Crippen molar-refractivity contribution in [3.8, 4) is 0 Å². The Balaban J connectivity index is 1.50. The Bertz CT molecular complexity index is 1270. The number of para-hydroxylation sites is 1. The summed E-state index contributed by atoms with van der Waals surface area (Å²) in [6.45, 7) is 1.48. The summed E-state index contributed by atoms with van der Waals surface area (Å²) in [6.07, 6.45) is 1.29. The molecule has 4 rings (SSSR count). The second kappa shape index (κ2) is 6.99. The van der Waals surface area contributed by atoms with Crippen molar-refractivity contribution in [1.29, 1.82) is 0 Å². The predicted octanol–water partition coefficient (Wildman–Crippen LogP) is 1.91. The van der Waals surface area contributed by atoms with Crippen molar-refractivity contribution >= 4 is 33.9 Å². The van der Waals surface area contributed by atoms with Crippen molar-refractivity contribution in [1.82, 2.24) is 20.4 Å². The van der Waals surface area contributed by atoms with E-state index in [1.165, 1.54) is 6.33 Å². The van der Waals surface area contributed by atoms with Gasteiger partial charge in [0, 0.05) is 10.9 Å². The van der Waals surface area contributed by atoms with Gasteiger partial charge in [-0.2, -0.15) is 0 Å². The number of benzene rings is 2. The molecule has 8 nitrogen and oxygen atoms in total. The number of hydrogen-bond donors (Lipinski definition) is 2. The summed E-state index contributed by atoms with van der Waals surface area (Å²) < 4.78 is 6.70. The van der Waals surface area contributed by atoms with E-state index in [0.29, 0.717) is 16.7 Å². The molecule has 140 valence electrons. The van der Waals surface area contributed by atoms with Gasteiger partial charge in [0.1, 0.15) is 17.6 Å². The molecule has 4 aromatic rings. The summed E-state index contributed by atoms with van der Waals surface area (Å²) in [5, 5.41) is 0.733. The van der Waals surface area contributed by atoms with Gasteiger partial charge in [-0.25, -0.2) is 4.98 Å². The minimum Gasteiger partial charge on any atom is -0.448 e. The van der Waals surface area contributed by atoms with E-state index in [9.17, 15) is 14.4 Å². The van der Waals surface area contributed by atoms with Gasteiger partial charge in [-0.05, 0) is 30.7 Å². The van der Waals surface area contributed by atoms with Crippen molar-refractivity contribution in [3.05, 3.63) is 76.3 Å². The van der Waals surface area contributed by atoms with E-state index in [2.05, 4.69) is 15.8 Å². The summed E-state index contributed by atoms with van der Waals surface area (Å²) >= 11 is 0. The standard InChI is InChI=1S/C20H16N4O4/c1-12-6-2-3-7-13(12)19(26)23-22-16(25)10-24-11-21-17-14-8-4-5-9-15(14)28-18(17)20(24)27/h2-9,11H,10H2,1H3,(H,22,25)(H,23,26). The third kappa shape index (κ3) is 3.11. The molecular weight excluding hydrogens is 360 g/mol. The molecule has 0 fully saturated rings. The van der Waals surface area contributed by atoms with Crippen LogP contribution in [0.3, 0.4) is 0 Å². The van der Waals surface area contributed by atoms with Crippen LogP contribution in [-0.4, -0.2) is 21.4 Å². The highest BCUT2D eigenvalue weighted by molar-refractivity contribution is 6.01. The number of carbonyl (C=O) groups is 2. The third-order valence-corrected chi connectivity index (χ3v) is 4.37. The molecular formula is C20H16N4O4. The first-order chi connectivity index (χ1) is 13.5. The van der Waals surface area contributed by atoms with Gasteiger partial charge in [-0.3, -0.25) is 29.8 Å². The van der Waals surface area contributed by atoms with Crippen LogP contribution in [0.25, 0.3) is 22.1 Å². The maximum atomic E-state index is 12.6. The van der Waals surface area contributed by atoms with Crippen LogP contribution in [0.1, 0.15) is 15.9 Å². The Morgan fingerprint density at radius 1 is 1.07 bits per heavy atom. The van der Waals surface area contributed by atoms with Gasteiger partial charge < -0.3 is 4.42 Å². The zero-order valence-corrected chi connectivity index (χ0v) is 14.9. The molecule has 2 heterocycles. The number of nitrogens with zero attached hydrogens (tertiary/aromatic N) is 2. The monoisotopic (exact) mass is 376 g/mol. The molecule has 0 bridgehead atoms. The summed E-state index contributed by atoms with van der Waals surface area (Å²) in [4.78, 5) is 41.1. The van der Waals surface area contributed by atoms with Crippen LogP contribution in [0.15, 0.2) is 64.1 Å². The minimum atomic E-state index is -0.568. The highest BCUT2D eigenvalue weighted by atomic mass is 16.3. The molecule has 0 aliphatic heterocycles. The van der Waals surface area contributed by atoms with Crippen LogP contribution < -0.4 is 16.4 Å². The number of rotatable bonds is 3. The zero-order valence-electron chi connectivity index (χ0n) is 14.9. The Morgan fingerprint density at radius 2 is 1.82 bits per heavy atom. The average molecular weight is 376 g/mol. The van der Waals surface area contributed by atoms with Gasteiger partial charge in [-0.1, -0.05) is 30.3 Å². The lowest BCUT2D eigenvalue weighted by Gasteiger charge is -2.09. The number of fused-ring (bicyclic) bond motifs is 3. The van der Waals surface area contributed by atoms with E-state index in [1.807, 2.05) is 18.2 Å². The number of aromatic nitrogens is 2. The molecule has 28 heavy (non-hydrogen) atoms. The van der Waals surface area contributed by atoms with Crippen LogP contribution in [0.2, 0.25) is 0 Å². The van der Waals surface area contributed by atoms with E-state index in [-0.39, 0.29) is 12.1 Å². The molecule has 2 aromatic carbocycles. The van der Waals surface area contributed by atoms with Crippen molar-refractivity contribution in [2.75, 3.05) is 0 Å². The molecule has 0 spiro atoms. The van der Waals surface area contributed by atoms with Crippen molar-refractivity contribution in [3.63, 3.8) is 0 Å². The molecule has 0 unspecified atom stereocenters. The first-order valence-electron chi connectivity index (χ1n) is 8.56. The molecule has 8 heteroatoms. The summed E-state index contributed by atoms with van der Waals surface area (Å²) in [5.41, 5.74) is 6.49. The number of hydrazine groups is 1. The van der Waals surface area contributed by atoms with E-state index >= 15 is 0 Å². The molecule has 2 aromatic heterocycles. The number of aryl methyl sites for hydroxylation is 1. The fourth-order valence-electron chi connectivity index (χ4n) is 2.94. The van der Waals surface area contributed by atoms with Crippen LogP contribution >= 0.6 is 0 Å². The van der Waals surface area contributed by atoms with Gasteiger partial charge in [0.05, 0.1) is 6.33 Å². The lowest BCUT2D eigenvalue weighted by atomic mass is 10.1. The van der Waals surface area contributed by atoms with Gasteiger partial charge in [0.25, 0.3) is 17.4 Å². The summed E-state index contributed by atoms with van der Waals surface area (Å²) in [5.74, 6) is -1.01. The molecule has 2 amide bonds. The average Bonchev–Trinajstić information content (AvgIpc) is 3.08. The van der Waals surface area contributed by atoms with Crippen LogP contribution in [0.5, 0.6) is 0 Å². The van der Waals surface area contributed by atoms with Crippen LogP contribution in [0.4, 0.5) is 0 Å². The number of amides is 2. The molecule has 0 saturated heterocycles. The van der Waals surface area contributed by atoms with Crippen molar-refractivity contribution in [2.45, 2.75) is 13.5 Å². The summed E-state index contributed by atoms with van der Waals surface area (Å²) in [7, 11) is 0. The fraction of sp³-hybridized carbons (Fsp3) is 0.100. The van der Waals surface area contributed by atoms with E-state index in [4.69, 9.17) is 4.42 Å². The number of nitrogens with one attached hydrogen (secondary N) is 2. The van der Waals surface area contributed by atoms with Gasteiger partial charge in [-0.15, -0.1) is 0 Å². The number of hydrogen-bond acceptors (Lipinski definition) is 5. The largest absolute Gasteiger partial charge is 0.448 e. The lowest BCUT2D eigenvalue weighted by molar-refractivity contribution is -0.122. The number of carbonyl (C=O) groups excluding carboxylic acids is 2. The summed E-state index contributed by atoms with van der Waals surface area (Å²) in [6, 6.07) is 14.2. The van der Waals surface area contributed by atoms with Gasteiger partial charge >= 0.3 is 0 Å². The smallest absolute Gasteiger partial charge is 0.297 e. The van der Waals surface area contributed by atoms with Crippen molar-refractivity contribution < 1.29 is 14.0 Å². The highest BCUT2D eigenvalue weighted by Gasteiger charge is 2.15. The molecule has 0 aliphatic carbocycles. The predicted molar refractivity (Wildman–Crippen MR) is 103 cm³/mol. The third-order valence-electron chi connectivity index (χ3n) is 4.37.